The van der Waals surface area contributed by atoms with Crippen molar-refractivity contribution < 1.29 is 33.3 Å². The number of carbonyl (C=O) groups is 2. The third kappa shape index (κ3) is 3.47. The Labute approximate surface area is 130 Å². The van der Waals surface area contributed by atoms with Crippen LogP contribution in [0.2, 0.25) is 0 Å². The Morgan fingerprint density at radius 3 is 2.78 bits per heavy atom. The summed E-state index contributed by atoms with van der Waals surface area (Å²) in [6, 6.07) is -1.69. The summed E-state index contributed by atoms with van der Waals surface area (Å²) in [5.74, 6) is -0.918. The number of methoxy groups -OCH3 is 2. The van der Waals surface area contributed by atoms with Crippen molar-refractivity contribution in [1.82, 2.24) is 0 Å². The lowest BCUT2D eigenvalue weighted by molar-refractivity contribution is -0.147. The second-order valence-corrected chi connectivity index (χ2v) is 4.80. The molecule has 2 aliphatic heterocycles. The first-order chi connectivity index (χ1) is 11.0. The van der Waals surface area contributed by atoms with Crippen LogP contribution < -0.4 is 5.73 Å². The van der Waals surface area contributed by atoms with E-state index in [4.69, 9.17) is 30.2 Å². The number of carbonyl (C=O) groups excluding carboxylic acids is 2. The molecule has 5 atom stereocenters. The summed E-state index contributed by atoms with van der Waals surface area (Å²) in [7, 11) is 2.55. The van der Waals surface area contributed by atoms with Gasteiger partial charge in [-0.1, -0.05) is 5.11 Å². The van der Waals surface area contributed by atoms with Gasteiger partial charge in [-0.05, 0) is 11.6 Å². The molecular weight excluding hydrogens is 312 g/mol. The van der Waals surface area contributed by atoms with Crippen LogP contribution in [-0.4, -0.2) is 63.3 Å². The van der Waals surface area contributed by atoms with E-state index < -0.39 is 42.5 Å². The van der Waals surface area contributed by atoms with Gasteiger partial charge >= 0.3 is 12.1 Å². The molecule has 2 rings (SSSR count). The van der Waals surface area contributed by atoms with Gasteiger partial charge < -0.3 is 29.4 Å². The summed E-state index contributed by atoms with van der Waals surface area (Å²) in [5.41, 5.74) is 14.7. The molecule has 23 heavy (non-hydrogen) atoms. The number of cyclic esters (lactones) is 2. The molecule has 1 fully saturated rings. The van der Waals surface area contributed by atoms with Crippen LogP contribution in [0, 0.1) is 0 Å². The number of nitrogens with zero attached hydrogens (tertiary/aromatic N) is 3. The average molecular weight is 328 g/mol. The number of azide groups is 1. The molecule has 11 nitrogen and oxygen atoms in total. The molecule has 0 aliphatic carbocycles. The van der Waals surface area contributed by atoms with Crippen LogP contribution >= 0.6 is 0 Å². The summed E-state index contributed by atoms with van der Waals surface area (Å²) >= 11 is 0. The highest BCUT2D eigenvalue weighted by Gasteiger charge is 2.46. The predicted molar refractivity (Wildman–Crippen MR) is 72.9 cm³/mol. The van der Waals surface area contributed by atoms with Gasteiger partial charge in [-0.25, -0.2) is 9.59 Å². The van der Waals surface area contributed by atoms with Gasteiger partial charge in [0, 0.05) is 12.0 Å². The van der Waals surface area contributed by atoms with E-state index in [1.807, 2.05) is 0 Å². The smallest absolute Gasteiger partial charge is 0.479 e. The summed E-state index contributed by atoms with van der Waals surface area (Å²) in [4.78, 5) is 25.5. The quantitative estimate of drug-likeness (QED) is 0.320. The summed E-state index contributed by atoms with van der Waals surface area (Å²) in [6.45, 7) is -0.0482. The molecule has 2 aliphatic rings. The zero-order chi connectivity index (χ0) is 17.0. The van der Waals surface area contributed by atoms with Gasteiger partial charge in [-0.2, -0.15) is 0 Å². The van der Waals surface area contributed by atoms with E-state index in [-0.39, 0.29) is 12.4 Å². The average Bonchev–Trinajstić information content (AvgIpc) is 2.97. The van der Waals surface area contributed by atoms with Gasteiger partial charge in [0.15, 0.2) is 6.10 Å². The monoisotopic (exact) mass is 328 g/mol. The molecule has 0 radical (unpaired) electrons. The van der Waals surface area contributed by atoms with Crippen LogP contribution in [0.3, 0.4) is 0 Å². The molecule has 0 aromatic heterocycles. The Morgan fingerprint density at radius 1 is 1.52 bits per heavy atom. The van der Waals surface area contributed by atoms with Crippen LogP contribution in [0.15, 0.2) is 16.9 Å². The molecule has 0 amide bonds. The Morgan fingerprint density at radius 2 is 2.26 bits per heavy atom. The second-order valence-electron chi connectivity index (χ2n) is 4.80. The number of esters is 1. The summed E-state index contributed by atoms with van der Waals surface area (Å²) in [5, 5.41) is 3.54. The highest BCUT2D eigenvalue weighted by atomic mass is 16.8. The maximum absolute atomic E-state index is 11.7. The zero-order valence-corrected chi connectivity index (χ0v) is 12.4. The van der Waals surface area contributed by atoms with Gasteiger partial charge in [0.25, 0.3) is 0 Å². The van der Waals surface area contributed by atoms with Crippen molar-refractivity contribution in [3.05, 3.63) is 22.3 Å². The first kappa shape index (κ1) is 16.9. The minimum Gasteiger partial charge on any atom is -0.479 e. The van der Waals surface area contributed by atoms with E-state index in [1.165, 1.54) is 20.3 Å². The zero-order valence-electron chi connectivity index (χ0n) is 12.4. The lowest BCUT2D eigenvalue weighted by Gasteiger charge is -2.37. The molecule has 2 N–H and O–H groups in total. The Balaban J connectivity index is 2.28. The Hall–Kier alpha value is -2.49. The van der Waals surface area contributed by atoms with Gasteiger partial charge in [0.2, 0.25) is 5.76 Å². The topological polar surface area (TPSA) is 155 Å². The number of ether oxygens (including phenoxy) is 5. The molecule has 0 spiro atoms. The standard InChI is InChI=1S/C12H16N4O7/c1-19-9(7-4-21-12(18)23-7)10-8(13)5(15-16-14)3-6(22-10)11(17)20-2/h3,5,7-10H,4,13H2,1-2H3/t5-,7+,8+,9+,10+/m0/s1. The third-order valence-corrected chi connectivity index (χ3v) is 3.51. The van der Waals surface area contributed by atoms with Crippen molar-refractivity contribution in [1.29, 1.82) is 0 Å². The van der Waals surface area contributed by atoms with Crippen LogP contribution in [-0.2, 0) is 28.5 Å². The largest absolute Gasteiger partial charge is 0.508 e. The van der Waals surface area contributed by atoms with Crippen molar-refractivity contribution in [2.75, 3.05) is 20.8 Å². The Bertz CT molecular complexity index is 560. The van der Waals surface area contributed by atoms with Crippen molar-refractivity contribution in [3.63, 3.8) is 0 Å². The summed E-state index contributed by atoms with van der Waals surface area (Å²) in [6.07, 6.45) is -2.09. The first-order valence-corrected chi connectivity index (χ1v) is 6.64. The molecule has 2 heterocycles. The van der Waals surface area contributed by atoms with Gasteiger partial charge in [-0.3, -0.25) is 0 Å². The number of nitrogens with two attached hydrogens (primary N) is 1. The first-order valence-electron chi connectivity index (χ1n) is 6.64. The van der Waals surface area contributed by atoms with Crippen molar-refractivity contribution >= 4 is 12.1 Å². The predicted octanol–water partition coefficient (Wildman–Crippen LogP) is -0.00130. The number of hydrogen-bond donors (Lipinski definition) is 1. The molecule has 0 saturated carbocycles. The van der Waals surface area contributed by atoms with Crippen molar-refractivity contribution in [3.8, 4) is 0 Å². The van der Waals surface area contributed by atoms with Crippen LogP contribution in [0.25, 0.3) is 10.4 Å². The van der Waals surface area contributed by atoms with E-state index in [0.717, 1.165) is 0 Å². The van der Waals surface area contributed by atoms with E-state index in [9.17, 15) is 9.59 Å². The fourth-order valence-corrected chi connectivity index (χ4v) is 2.40. The van der Waals surface area contributed by atoms with E-state index in [1.54, 1.807) is 0 Å². The molecule has 0 aromatic rings. The lowest BCUT2D eigenvalue weighted by Crippen LogP contribution is -2.57. The number of hydrogen-bond acceptors (Lipinski definition) is 9. The highest BCUT2D eigenvalue weighted by Crippen LogP contribution is 2.27. The lowest BCUT2D eigenvalue weighted by atomic mass is 9.93. The van der Waals surface area contributed by atoms with Crippen molar-refractivity contribution in [2.45, 2.75) is 30.4 Å². The van der Waals surface area contributed by atoms with E-state index in [2.05, 4.69) is 14.8 Å². The SMILES string of the molecule is COC(=O)C1=C[C@H](N=[N+]=[N-])[C@@H](N)[C@H]([C@H](OC)[C@H]2COC(=O)O2)O1. The van der Waals surface area contributed by atoms with Gasteiger partial charge in [-0.15, -0.1) is 0 Å². The Kier molecular flexibility index (Phi) is 5.27. The molecule has 11 heteroatoms. The van der Waals surface area contributed by atoms with Crippen LogP contribution in [0.5, 0.6) is 0 Å². The van der Waals surface area contributed by atoms with Gasteiger partial charge in [0.05, 0.1) is 19.2 Å². The highest BCUT2D eigenvalue weighted by molar-refractivity contribution is 5.86. The molecule has 0 bridgehead atoms. The minimum atomic E-state index is -0.922. The molecule has 126 valence electrons. The summed E-state index contributed by atoms with van der Waals surface area (Å²) < 4.78 is 25.1. The fraction of sp³-hybridized carbons (Fsp3) is 0.667. The fourth-order valence-electron chi connectivity index (χ4n) is 2.40. The van der Waals surface area contributed by atoms with Gasteiger partial charge in [0.1, 0.15) is 18.8 Å². The van der Waals surface area contributed by atoms with Crippen molar-refractivity contribution in [2.24, 2.45) is 10.8 Å². The molecule has 0 unspecified atom stereocenters. The number of rotatable bonds is 5. The maximum Gasteiger partial charge on any atom is 0.508 e. The normalized spacial score (nSPS) is 30.9. The van der Waals surface area contributed by atoms with E-state index >= 15 is 0 Å². The maximum atomic E-state index is 11.7. The molecular formula is C12H16N4O7. The van der Waals surface area contributed by atoms with Crippen LogP contribution in [0.4, 0.5) is 4.79 Å². The van der Waals surface area contributed by atoms with E-state index in [0.29, 0.717) is 0 Å². The minimum absolute atomic E-state index is 0.0482. The van der Waals surface area contributed by atoms with Crippen LogP contribution in [0.1, 0.15) is 0 Å². The second kappa shape index (κ2) is 7.18. The molecule has 0 aromatic carbocycles. The molecule has 1 saturated heterocycles. The third-order valence-electron chi connectivity index (χ3n) is 3.51.